The van der Waals surface area contributed by atoms with Crippen molar-refractivity contribution in [3.63, 3.8) is 0 Å². The van der Waals surface area contributed by atoms with E-state index in [2.05, 4.69) is 12.0 Å². The van der Waals surface area contributed by atoms with Crippen LogP contribution in [0.3, 0.4) is 0 Å². The summed E-state index contributed by atoms with van der Waals surface area (Å²) in [5.74, 6) is -2.96. The van der Waals surface area contributed by atoms with Crippen molar-refractivity contribution in [3.8, 4) is 0 Å². The van der Waals surface area contributed by atoms with Crippen LogP contribution in [0.5, 0.6) is 0 Å². The number of hydrazone groups is 1. The predicted octanol–water partition coefficient (Wildman–Crippen LogP) is 7.17. The van der Waals surface area contributed by atoms with Crippen molar-refractivity contribution >= 4 is 11.8 Å². The second-order valence-electron chi connectivity index (χ2n) is 13.3. The minimum Gasteiger partial charge on any atom is -0.442 e. The number of amides is 1. The van der Waals surface area contributed by atoms with Crippen LogP contribution in [0, 0.1) is 0 Å². The largest absolute Gasteiger partial charge is 0.442 e. The van der Waals surface area contributed by atoms with Crippen LogP contribution in [0.15, 0.2) is 5.10 Å². The van der Waals surface area contributed by atoms with Gasteiger partial charge in [-0.2, -0.15) is 5.01 Å². The van der Waals surface area contributed by atoms with Crippen molar-refractivity contribution in [1.82, 2.24) is 5.01 Å². The lowest BCUT2D eigenvalue weighted by atomic mass is 9.88. The second kappa shape index (κ2) is 14.0. The molecule has 1 amide bonds. The van der Waals surface area contributed by atoms with Crippen molar-refractivity contribution < 1.29 is 33.2 Å². The summed E-state index contributed by atoms with van der Waals surface area (Å²) in [5, 5.41) is 6.03. The molecule has 3 fully saturated rings. The first kappa shape index (κ1) is 32.6. The van der Waals surface area contributed by atoms with Gasteiger partial charge in [0.25, 0.3) is 11.5 Å². The van der Waals surface area contributed by atoms with Crippen LogP contribution in [-0.2, 0) is 33.2 Å². The van der Waals surface area contributed by atoms with E-state index in [1.165, 1.54) is 95.4 Å². The van der Waals surface area contributed by atoms with Gasteiger partial charge in [0.2, 0.25) is 11.8 Å². The Morgan fingerprint density at radius 3 is 1.88 bits per heavy atom. The van der Waals surface area contributed by atoms with E-state index in [9.17, 15) is 4.79 Å². The maximum atomic E-state index is 13.0. The highest BCUT2D eigenvalue weighted by molar-refractivity contribution is 5.83. The van der Waals surface area contributed by atoms with E-state index in [4.69, 9.17) is 28.4 Å². The molecule has 0 aliphatic carbocycles. The van der Waals surface area contributed by atoms with Gasteiger partial charge in [0.05, 0.1) is 6.61 Å². The lowest BCUT2D eigenvalue weighted by Crippen LogP contribution is -2.76. The van der Waals surface area contributed by atoms with Gasteiger partial charge in [0.1, 0.15) is 12.7 Å². The highest BCUT2D eigenvalue weighted by Gasteiger charge is 2.78. The van der Waals surface area contributed by atoms with Crippen LogP contribution in [0.25, 0.3) is 0 Å². The first-order chi connectivity index (χ1) is 19.5. The van der Waals surface area contributed by atoms with Crippen LogP contribution < -0.4 is 0 Å². The molecule has 4 heterocycles. The van der Waals surface area contributed by atoms with Crippen LogP contribution in [0.4, 0.5) is 0 Å². The molecule has 0 N–H and O–H groups in total. The Hall–Kier alpha value is -1.26. The van der Waals surface area contributed by atoms with E-state index in [1.807, 2.05) is 27.7 Å². The van der Waals surface area contributed by atoms with E-state index < -0.39 is 35.3 Å². The summed E-state index contributed by atoms with van der Waals surface area (Å²) in [5.41, 5.74) is -1.48. The number of hydrogen-bond acceptors (Lipinski definition) is 8. The number of unbranched alkanes of at least 4 members (excludes halogenated alkanes) is 14. The highest BCUT2D eigenvalue weighted by atomic mass is 16.9. The molecule has 236 valence electrons. The summed E-state index contributed by atoms with van der Waals surface area (Å²) in [6.07, 6.45) is 19.1. The van der Waals surface area contributed by atoms with E-state index in [1.54, 1.807) is 0 Å². The molecule has 0 unspecified atom stereocenters. The normalized spacial score (nSPS) is 31.6. The zero-order chi connectivity index (χ0) is 29.6. The Balaban J connectivity index is 1.24. The highest BCUT2D eigenvalue weighted by Crippen LogP contribution is 2.54. The van der Waals surface area contributed by atoms with Crippen molar-refractivity contribution in [3.05, 3.63) is 0 Å². The first-order valence-electron chi connectivity index (χ1n) is 16.5. The van der Waals surface area contributed by atoms with Crippen LogP contribution in [0.2, 0.25) is 0 Å². The van der Waals surface area contributed by atoms with Crippen LogP contribution >= 0.6 is 0 Å². The van der Waals surface area contributed by atoms with Gasteiger partial charge < -0.3 is 28.4 Å². The number of carbonyl (C=O) groups is 1. The third-order valence-electron chi connectivity index (χ3n) is 8.71. The predicted molar refractivity (Wildman–Crippen MR) is 157 cm³/mol. The Morgan fingerprint density at radius 1 is 0.805 bits per heavy atom. The number of nitrogens with zero attached hydrogens (tertiary/aromatic N) is 2. The molecule has 3 saturated heterocycles. The maximum absolute atomic E-state index is 13.0. The molecule has 4 aliphatic heterocycles. The third-order valence-corrected chi connectivity index (χ3v) is 8.71. The molecule has 0 saturated carbocycles. The molecular weight excluding hydrogens is 524 g/mol. The summed E-state index contributed by atoms with van der Waals surface area (Å²) >= 11 is 0. The smallest absolute Gasteiger partial charge is 0.291 e. The summed E-state index contributed by atoms with van der Waals surface area (Å²) in [4.78, 5) is 13.0. The Kier molecular flexibility index (Phi) is 11.2. The minimum absolute atomic E-state index is 0.0819. The summed E-state index contributed by atoms with van der Waals surface area (Å²) in [7, 11) is 0. The van der Waals surface area contributed by atoms with Crippen molar-refractivity contribution in [2.75, 3.05) is 13.2 Å². The third kappa shape index (κ3) is 7.64. The monoisotopic (exact) mass is 580 g/mol. The number of hydrogen-bond donors (Lipinski definition) is 0. The zero-order valence-electron chi connectivity index (χ0n) is 26.6. The second-order valence-corrected chi connectivity index (χ2v) is 13.3. The summed E-state index contributed by atoms with van der Waals surface area (Å²) in [6.45, 7) is 11.4. The van der Waals surface area contributed by atoms with Gasteiger partial charge in [-0.25, -0.2) is 0 Å². The van der Waals surface area contributed by atoms with E-state index in [-0.39, 0.29) is 19.1 Å². The average molecular weight is 581 g/mol. The molecule has 9 heteroatoms. The van der Waals surface area contributed by atoms with E-state index in [0.29, 0.717) is 12.3 Å². The fourth-order valence-corrected chi connectivity index (χ4v) is 6.70. The van der Waals surface area contributed by atoms with E-state index >= 15 is 0 Å². The number of ether oxygens (including phenoxy) is 6. The quantitative estimate of drug-likeness (QED) is 0.179. The number of fused-ring (bicyclic) bond motifs is 3. The van der Waals surface area contributed by atoms with Crippen molar-refractivity contribution in [1.29, 1.82) is 0 Å². The molecule has 9 nitrogen and oxygen atoms in total. The molecule has 0 aromatic heterocycles. The standard InChI is InChI=1S/C32H56N2O7/c1-7-8-9-10-11-12-13-14-15-16-17-18-19-20-21-22-27-33-34(25(2)35)32(39-27)28-26(38-30(5,6)40-28)23-36-31(32)24-37-29(3,4)41-31/h26,28H,7-24H2,1-6H3/t26-,28-,31+,32-/m1/s1. The average Bonchev–Trinajstić information content (AvgIpc) is 3.56. The molecule has 4 atom stereocenters. The van der Waals surface area contributed by atoms with Gasteiger partial charge in [0.15, 0.2) is 17.7 Å². The Morgan fingerprint density at radius 2 is 1.37 bits per heavy atom. The van der Waals surface area contributed by atoms with Gasteiger partial charge in [-0.15, -0.1) is 5.10 Å². The molecular formula is C32H56N2O7. The fourth-order valence-electron chi connectivity index (χ4n) is 6.70. The Bertz CT molecular complexity index is 891. The van der Waals surface area contributed by atoms with Crippen LogP contribution in [0.1, 0.15) is 144 Å². The zero-order valence-corrected chi connectivity index (χ0v) is 26.6. The Labute approximate surface area is 247 Å². The van der Waals surface area contributed by atoms with Crippen molar-refractivity contribution in [2.24, 2.45) is 5.10 Å². The number of carbonyl (C=O) groups excluding carboxylic acids is 1. The van der Waals surface area contributed by atoms with Gasteiger partial charge in [0, 0.05) is 13.3 Å². The summed E-state index contributed by atoms with van der Waals surface area (Å²) < 4.78 is 37.8. The fraction of sp³-hybridized carbons (Fsp3) is 0.938. The molecule has 0 radical (unpaired) electrons. The molecule has 0 aromatic rings. The molecule has 41 heavy (non-hydrogen) atoms. The molecule has 0 bridgehead atoms. The first-order valence-corrected chi connectivity index (χ1v) is 16.5. The topological polar surface area (TPSA) is 88.1 Å². The maximum Gasteiger partial charge on any atom is 0.291 e. The molecule has 0 aromatic carbocycles. The summed E-state index contributed by atoms with van der Waals surface area (Å²) in [6, 6.07) is 0. The SMILES string of the molecule is CCCCCCCCCCCCCCCCCC1=NN(C(C)=O)[C@@]2(O1)[C@@H]1OC(C)(C)O[C@@H]1CO[C@]21COC(C)(C)O1. The van der Waals surface area contributed by atoms with Gasteiger partial charge >= 0.3 is 0 Å². The minimum atomic E-state index is -1.48. The lowest BCUT2D eigenvalue weighted by molar-refractivity contribution is -0.386. The molecule has 4 rings (SSSR count). The van der Waals surface area contributed by atoms with Crippen LogP contribution in [-0.4, -0.2) is 65.3 Å². The van der Waals surface area contributed by atoms with Gasteiger partial charge in [-0.3, -0.25) is 4.79 Å². The molecule has 4 aliphatic rings. The molecule has 2 spiro atoms. The van der Waals surface area contributed by atoms with Crippen molar-refractivity contribution in [2.45, 2.75) is 180 Å². The van der Waals surface area contributed by atoms with E-state index in [0.717, 1.165) is 12.8 Å². The number of rotatable bonds is 16. The van der Waals surface area contributed by atoms with Gasteiger partial charge in [-0.1, -0.05) is 96.8 Å². The lowest BCUT2D eigenvalue weighted by Gasteiger charge is -2.52. The van der Waals surface area contributed by atoms with Gasteiger partial charge in [-0.05, 0) is 34.1 Å².